The lowest BCUT2D eigenvalue weighted by atomic mass is 10.2. The minimum absolute atomic E-state index is 0.318. The van der Waals surface area contributed by atoms with Gasteiger partial charge < -0.3 is 15.1 Å². The van der Waals surface area contributed by atoms with Gasteiger partial charge in [0.25, 0.3) is 0 Å². The van der Waals surface area contributed by atoms with Crippen molar-refractivity contribution in [1.82, 2.24) is 10.6 Å². The van der Waals surface area contributed by atoms with Crippen LogP contribution < -0.4 is 10.6 Å². The van der Waals surface area contributed by atoms with E-state index in [4.69, 9.17) is 4.42 Å². The van der Waals surface area contributed by atoms with E-state index in [9.17, 15) is 9.59 Å². The first kappa shape index (κ1) is 9.31. The van der Waals surface area contributed by atoms with Crippen molar-refractivity contribution in [1.29, 1.82) is 0 Å². The molecule has 0 saturated carbocycles. The molecule has 1 unspecified atom stereocenters. The Hall–Kier alpha value is -1.78. The second kappa shape index (κ2) is 4.30. The second-order valence-electron chi connectivity index (χ2n) is 2.35. The molecule has 1 aromatic heterocycles. The molecule has 1 aromatic rings. The third-order valence-electron chi connectivity index (χ3n) is 1.57. The number of hydrogen-bond donors (Lipinski definition) is 2. The van der Waals surface area contributed by atoms with E-state index in [0.717, 1.165) is 0 Å². The first-order chi connectivity index (χ1) is 6.29. The predicted octanol–water partition coefficient (Wildman–Crippen LogP) is -0.187. The second-order valence-corrected chi connectivity index (χ2v) is 2.35. The molecule has 0 aromatic carbocycles. The smallest absolute Gasteiger partial charge is 0.250 e. The maximum Gasteiger partial charge on any atom is 0.250 e. The molecular weight excluding hydrogens is 172 g/mol. The molecule has 1 rings (SSSR count). The third kappa shape index (κ3) is 2.08. The van der Waals surface area contributed by atoms with Gasteiger partial charge in [0.05, 0.1) is 6.26 Å². The van der Waals surface area contributed by atoms with Crippen LogP contribution in [-0.2, 0) is 9.59 Å². The molecule has 0 fully saturated rings. The summed E-state index contributed by atoms with van der Waals surface area (Å²) in [4.78, 5) is 21.4. The Kier molecular flexibility index (Phi) is 3.08. The van der Waals surface area contributed by atoms with Crippen LogP contribution in [-0.4, -0.2) is 19.4 Å². The minimum Gasteiger partial charge on any atom is -0.467 e. The van der Waals surface area contributed by atoms with E-state index in [1.165, 1.54) is 13.3 Å². The van der Waals surface area contributed by atoms with Crippen LogP contribution in [0.25, 0.3) is 0 Å². The molecule has 0 spiro atoms. The Labute approximate surface area is 75.1 Å². The lowest BCUT2D eigenvalue weighted by molar-refractivity contribution is -0.125. The average Bonchev–Trinajstić information content (AvgIpc) is 2.65. The number of furan rings is 1. The summed E-state index contributed by atoms with van der Waals surface area (Å²) < 4.78 is 4.99. The van der Waals surface area contributed by atoms with Crippen molar-refractivity contribution in [3.63, 3.8) is 0 Å². The number of likely N-dealkylation sites (N-methyl/N-ethyl adjacent to an activating group) is 1. The topological polar surface area (TPSA) is 71.3 Å². The molecule has 70 valence electrons. The van der Waals surface area contributed by atoms with Gasteiger partial charge in [0, 0.05) is 7.05 Å². The van der Waals surface area contributed by atoms with Crippen molar-refractivity contribution < 1.29 is 14.0 Å². The molecule has 1 atom stereocenters. The zero-order chi connectivity index (χ0) is 9.68. The molecule has 0 aliphatic heterocycles. The normalized spacial score (nSPS) is 11.8. The monoisotopic (exact) mass is 182 g/mol. The fourth-order valence-electron chi connectivity index (χ4n) is 0.955. The first-order valence-electron chi connectivity index (χ1n) is 3.74. The molecule has 5 heteroatoms. The predicted molar refractivity (Wildman–Crippen MR) is 44.7 cm³/mol. The van der Waals surface area contributed by atoms with Crippen LogP contribution >= 0.6 is 0 Å². The van der Waals surface area contributed by atoms with Gasteiger partial charge >= 0.3 is 0 Å². The maximum absolute atomic E-state index is 11.2. The van der Waals surface area contributed by atoms with E-state index in [0.29, 0.717) is 12.2 Å². The fraction of sp³-hybridized carbons (Fsp3) is 0.250. The van der Waals surface area contributed by atoms with Crippen molar-refractivity contribution in [2.75, 3.05) is 7.05 Å². The third-order valence-corrected chi connectivity index (χ3v) is 1.57. The van der Waals surface area contributed by atoms with Gasteiger partial charge in [-0.05, 0) is 12.1 Å². The van der Waals surface area contributed by atoms with Gasteiger partial charge in [0.2, 0.25) is 12.3 Å². The summed E-state index contributed by atoms with van der Waals surface area (Å²) in [5.41, 5.74) is 0. The lowest BCUT2D eigenvalue weighted by Gasteiger charge is -2.10. The number of nitrogens with one attached hydrogen (secondary N) is 2. The summed E-state index contributed by atoms with van der Waals surface area (Å²) in [5, 5.41) is 4.77. The highest BCUT2D eigenvalue weighted by molar-refractivity contribution is 5.83. The van der Waals surface area contributed by atoms with Gasteiger partial charge in [-0.25, -0.2) is 0 Å². The Morgan fingerprint density at radius 2 is 2.46 bits per heavy atom. The Morgan fingerprint density at radius 3 is 2.92 bits per heavy atom. The number of carbonyl (C=O) groups excluding carboxylic acids is 2. The van der Waals surface area contributed by atoms with E-state index in [1.807, 2.05) is 0 Å². The molecule has 0 aliphatic rings. The standard InChI is InChI=1S/C8H10N2O3/c1-9-8(12)7(10-5-11)6-3-2-4-13-6/h2-5,7H,1H3,(H,9,12)(H,10,11). The van der Waals surface area contributed by atoms with Crippen molar-refractivity contribution >= 4 is 12.3 Å². The van der Waals surface area contributed by atoms with Gasteiger partial charge in [0.1, 0.15) is 5.76 Å². The van der Waals surface area contributed by atoms with Crippen LogP contribution in [0.3, 0.4) is 0 Å². The summed E-state index contributed by atoms with van der Waals surface area (Å²) >= 11 is 0. The zero-order valence-electron chi connectivity index (χ0n) is 7.11. The highest BCUT2D eigenvalue weighted by Gasteiger charge is 2.20. The van der Waals surface area contributed by atoms with Crippen molar-refractivity contribution in [2.45, 2.75) is 6.04 Å². The van der Waals surface area contributed by atoms with Crippen LogP contribution in [0.1, 0.15) is 11.8 Å². The van der Waals surface area contributed by atoms with Crippen molar-refractivity contribution in [2.24, 2.45) is 0 Å². The molecule has 0 saturated heterocycles. The maximum atomic E-state index is 11.2. The fourth-order valence-corrected chi connectivity index (χ4v) is 0.955. The van der Waals surface area contributed by atoms with Gasteiger partial charge in [-0.1, -0.05) is 0 Å². The van der Waals surface area contributed by atoms with Crippen LogP contribution in [0.4, 0.5) is 0 Å². The quantitative estimate of drug-likeness (QED) is 0.634. The van der Waals surface area contributed by atoms with Crippen LogP contribution in [0.2, 0.25) is 0 Å². The molecular formula is C8H10N2O3. The highest BCUT2D eigenvalue weighted by Crippen LogP contribution is 2.12. The highest BCUT2D eigenvalue weighted by atomic mass is 16.3. The van der Waals surface area contributed by atoms with Crippen LogP contribution in [0, 0.1) is 0 Å². The van der Waals surface area contributed by atoms with E-state index in [-0.39, 0.29) is 5.91 Å². The first-order valence-corrected chi connectivity index (χ1v) is 3.74. The Morgan fingerprint density at radius 1 is 1.69 bits per heavy atom. The van der Waals surface area contributed by atoms with E-state index in [1.54, 1.807) is 12.1 Å². The molecule has 0 bridgehead atoms. The van der Waals surface area contributed by atoms with Gasteiger partial charge in [-0.3, -0.25) is 9.59 Å². The van der Waals surface area contributed by atoms with E-state index in [2.05, 4.69) is 10.6 Å². The van der Waals surface area contributed by atoms with E-state index < -0.39 is 6.04 Å². The SMILES string of the molecule is CNC(=O)C(NC=O)c1ccco1. The molecule has 2 amide bonds. The summed E-state index contributed by atoms with van der Waals surface area (Å²) in [6.07, 6.45) is 1.90. The van der Waals surface area contributed by atoms with Crippen molar-refractivity contribution in [3.05, 3.63) is 24.2 Å². The molecule has 0 radical (unpaired) electrons. The summed E-state index contributed by atoms with van der Waals surface area (Å²) in [6.45, 7) is 0. The van der Waals surface area contributed by atoms with Crippen molar-refractivity contribution in [3.8, 4) is 0 Å². The zero-order valence-corrected chi connectivity index (χ0v) is 7.11. The van der Waals surface area contributed by atoms with Gasteiger partial charge in [0.15, 0.2) is 6.04 Å². The summed E-state index contributed by atoms with van der Waals surface area (Å²) in [7, 11) is 1.49. The molecule has 0 aliphatic carbocycles. The van der Waals surface area contributed by atoms with E-state index >= 15 is 0 Å². The molecule has 1 heterocycles. The number of amides is 2. The summed E-state index contributed by atoms with van der Waals surface area (Å²) in [6, 6.07) is 2.52. The number of rotatable bonds is 4. The van der Waals surface area contributed by atoms with Crippen LogP contribution in [0.15, 0.2) is 22.8 Å². The van der Waals surface area contributed by atoms with Gasteiger partial charge in [-0.2, -0.15) is 0 Å². The minimum atomic E-state index is -0.752. The molecule has 5 nitrogen and oxygen atoms in total. The average molecular weight is 182 g/mol. The van der Waals surface area contributed by atoms with Gasteiger partial charge in [-0.15, -0.1) is 0 Å². The Bertz CT molecular complexity index is 282. The Balaban J connectivity index is 2.79. The number of carbonyl (C=O) groups is 2. The summed E-state index contributed by atoms with van der Waals surface area (Å²) in [5.74, 6) is 0.0912. The lowest BCUT2D eigenvalue weighted by Crippen LogP contribution is -2.34. The molecule has 2 N–H and O–H groups in total. The van der Waals surface area contributed by atoms with Crippen LogP contribution in [0.5, 0.6) is 0 Å². The number of hydrogen-bond acceptors (Lipinski definition) is 3. The molecule has 13 heavy (non-hydrogen) atoms. The largest absolute Gasteiger partial charge is 0.467 e.